The van der Waals surface area contributed by atoms with E-state index in [1.54, 1.807) is 23.3 Å². The number of carbonyl (C=O) groups excluding carboxylic acids is 1. The monoisotopic (exact) mass is 220 g/mol. The molecule has 0 saturated carbocycles. The van der Waals surface area contributed by atoms with Crippen molar-refractivity contribution >= 4 is 5.91 Å². The Balaban J connectivity index is 2.05. The van der Waals surface area contributed by atoms with Crippen LogP contribution in [0, 0.1) is 11.3 Å². The Morgan fingerprint density at radius 1 is 1.62 bits per heavy atom. The number of hydrogen-bond acceptors (Lipinski definition) is 4. The van der Waals surface area contributed by atoms with Gasteiger partial charge in [0.1, 0.15) is 6.42 Å². The maximum atomic E-state index is 11.5. The first-order chi connectivity index (χ1) is 7.72. The van der Waals surface area contributed by atoms with Crippen LogP contribution in [0.25, 0.3) is 0 Å². The van der Waals surface area contributed by atoms with Crippen molar-refractivity contribution in [3.8, 4) is 6.07 Å². The third-order valence-electron chi connectivity index (χ3n) is 2.75. The molecule has 1 aromatic rings. The number of imidazole rings is 1. The minimum absolute atomic E-state index is 0.136. The van der Waals surface area contributed by atoms with Crippen molar-refractivity contribution in [2.75, 3.05) is 13.1 Å². The van der Waals surface area contributed by atoms with Gasteiger partial charge < -0.3 is 14.6 Å². The molecule has 0 aliphatic carbocycles. The first-order valence-electron chi connectivity index (χ1n) is 5.02. The molecule has 84 valence electrons. The number of likely N-dealkylation sites (tertiary alicyclic amines) is 1. The summed E-state index contributed by atoms with van der Waals surface area (Å²) in [6.07, 6.45) is 4.27. The van der Waals surface area contributed by atoms with E-state index in [9.17, 15) is 9.90 Å². The second-order valence-corrected chi connectivity index (χ2v) is 3.78. The zero-order chi connectivity index (χ0) is 11.5. The van der Waals surface area contributed by atoms with E-state index in [-0.39, 0.29) is 24.9 Å². The predicted octanol–water partition coefficient (Wildman–Crippen LogP) is -0.459. The summed E-state index contributed by atoms with van der Waals surface area (Å²) in [5, 5.41) is 18.3. The molecule has 1 aliphatic heterocycles. The molecular formula is C10H12N4O2. The van der Waals surface area contributed by atoms with Gasteiger partial charge in [0.15, 0.2) is 0 Å². The van der Waals surface area contributed by atoms with Crippen molar-refractivity contribution in [1.29, 1.82) is 5.26 Å². The molecule has 2 heterocycles. The van der Waals surface area contributed by atoms with Gasteiger partial charge in [-0.3, -0.25) is 4.79 Å². The highest BCUT2D eigenvalue weighted by Crippen LogP contribution is 2.22. The lowest BCUT2D eigenvalue weighted by molar-refractivity contribution is -0.129. The van der Waals surface area contributed by atoms with Crippen LogP contribution < -0.4 is 0 Å². The van der Waals surface area contributed by atoms with Crippen LogP contribution in [0.4, 0.5) is 0 Å². The van der Waals surface area contributed by atoms with Gasteiger partial charge in [0.05, 0.1) is 24.5 Å². The summed E-state index contributed by atoms with van der Waals surface area (Å²) in [7, 11) is 0. The Morgan fingerprint density at radius 2 is 2.44 bits per heavy atom. The molecule has 1 fully saturated rings. The lowest BCUT2D eigenvalue weighted by Crippen LogP contribution is -2.29. The van der Waals surface area contributed by atoms with Crippen LogP contribution in [0.5, 0.6) is 0 Å². The fourth-order valence-electron chi connectivity index (χ4n) is 1.91. The highest BCUT2D eigenvalue weighted by atomic mass is 16.3. The molecule has 0 bridgehead atoms. The van der Waals surface area contributed by atoms with E-state index in [1.165, 1.54) is 4.90 Å². The SMILES string of the molecule is N#CCC(=O)N1CC(O)C(n2ccnc2)C1. The zero-order valence-electron chi connectivity index (χ0n) is 8.65. The van der Waals surface area contributed by atoms with Gasteiger partial charge in [-0.2, -0.15) is 5.26 Å². The number of nitriles is 1. The summed E-state index contributed by atoms with van der Waals surface area (Å²) in [6.45, 7) is 0.710. The van der Waals surface area contributed by atoms with Crippen LogP contribution in [-0.2, 0) is 4.79 Å². The molecule has 16 heavy (non-hydrogen) atoms. The number of rotatable bonds is 2. The Morgan fingerprint density at radius 3 is 3.06 bits per heavy atom. The largest absolute Gasteiger partial charge is 0.389 e. The normalized spacial score (nSPS) is 24.4. The van der Waals surface area contributed by atoms with Gasteiger partial charge in [-0.15, -0.1) is 0 Å². The van der Waals surface area contributed by atoms with Crippen molar-refractivity contribution in [3.63, 3.8) is 0 Å². The molecule has 1 aliphatic rings. The minimum Gasteiger partial charge on any atom is -0.389 e. The van der Waals surface area contributed by atoms with Crippen LogP contribution in [0.3, 0.4) is 0 Å². The maximum Gasteiger partial charge on any atom is 0.236 e. The molecule has 1 N–H and O–H groups in total. The van der Waals surface area contributed by atoms with Crippen LogP contribution >= 0.6 is 0 Å². The average Bonchev–Trinajstić information content (AvgIpc) is 2.86. The number of carbonyl (C=O) groups is 1. The lowest BCUT2D eigenvalue weighted by Gasteiger charge is -2.15. The van der Waals surface area contributed by atoms with Gasteiger partial charge in [0.2, 0.25) is 5.91 Å². The highest BCUT2D eigenvalue weighted by molar-refractivity contribution is 5.78. The molecule has 1 amide bonds. The summed E-state index contributed by atoms with van der Waals surface area (Å²) < 4.78 is 1.78. The second-order valence-electron chi connectivity index (χ2n) is 3.78. The van der Waals surface area contributed by atoms with Gasteiger partial charge in [-0.25, -0.2) is 4.98 Å². The number of β-amino-alcohol motifs (C(OH)–C–C–N with tert-alkyl or cyclic N) is 1. The van der Waals surface area contributed by atoms with Gasteiger partial charge in [0, 0.05) is 25.5 Å². The average molecular weight is 220 g/mol. The molecule has 1 saturated heterocycles. The fourth-order valence-corrected chi connectivity index (χ4v) is 1.91. The Bertz CT molecular complexity index is 409. The predicted molar refractivity (Wildman–Crippen MR) is 54.1 cm³/mol. The maximum absolute atomic E-state index is 11.5. The van der Waals surface area contributed by atoms with Crippen LogP contribution in [0.2, 0.25) is 0 Å². The molecule has 6 nitrogen and oxygen atoms in total. The molecule has 0 aromatic carbocycles. The highest BCUT2D eigenvalue weighted by Gasteiger charge is 2.34. The van der Waals surface area contributed by atoms with Gasteiger partial charge in [0.25, 0.3) is 0 Å². The second kappa shape index (κ2) is 4.33. The van der Waals surface area contributed by atoms with Crippen molar-refractivity contribution < 1.29 is 9.90 Å². The summed E-state index contributed by atoms with van der Waals surface area (Å²) in [6, 6.07) is 1.65. The Hall–Kier alpha value is -1.87. The number of aliphatic hydroxyl groups is 1. The van der Waals surface area contributed by atoms with Gasteiger partial charge in [-0.05, 0) is 0 Å². The summed E-state index contributed by atoms with van der Waals surface area (Å²) in [5.74, 6) is -0.232. The number of hydrogen-bond donors (Lipinski definition) is 1. The van der Waals surface area contributed by atoms with E-state index in [4.69, 9.17) is 5.26 Å². The summed E-state index contributed by atoms with van der Waals surface area (Å²) in [4.78, 5) is 16.9. The molecule has 2 atom stereocenters. The van der Waals surface area contributed by atoms with Gasteiger partial charge >= 0.3 is 0 Å². The standard InChI is InChI=1S/C10H12N4O2/c11-2-1-10(16)14-5-8(9(15)6-14)13-4-3-12-7-13/h3-4,7-9,15H,1,5-6H2. The molecular weight excluding hydrogens is 208 g/mol. The van der Waals surface area contributed by atoms with Crippen molar-refractivity contribution in [3.05, 3.63) is 18.7 Å². The van der Waals surface area contributed by atoms with Crippen LogP contribution in [-0.4, -0.2) is 44.7 Å². The van der Waals surface area contributed by atoms with Crippen molar-refractivity contribution in [2.45, 2.75) is 18.6 Å². The van der Waals surface area contributed by atoms with Crippen LogP contribution in [0.15, 0.2) is 18.7 Å². The lowest BCUT2D eigenvalue weighted by atomic mass is 10.2. The molecule has 0 spiro atoms. The topological polar surface area (TPSA) is 82.1 Å². The number of aromatic nitrogens is 2. The molecule has 2 rings (SSSR count). The summed E-state index contributed by atoms with van der Waals surface area (Å²) >= 11 is 0. The first-order valence-corrected chi connectivity index (χ1v) is 5.02. The molecule has 0 radical (unpaired) electrons. The molecule has 6 heteroatoms. The number of aliphatic hydroxyl groups excluding tert-OH is 1. The minimum atomic E-state index is -0.600. The van der Waals surface area contributed by atoms with E-state index in [1.807, 2.05) is 6.07 Å². The Labute approximate surface area is 92.7 Å². The van der Waals surface area contributed by atoms with E-state index >= 15 is 0 Å². The molecule has 1 aromatic heterocycles. The Kier molecular flexibility index (Phi) is 2.88. The third kappa shape index (κ3) is 1.90. The van der Waals surface area contributed by atoms with Crippen molar-refractivity contribution in [2.24, 2.45) is 0 Å². The smallest absolute Gasteiger partial charge is 0.236 e. The van der Waals surface area contributed by atoms with E-state index in [0.29, 0.717) is 6.54 Å². The van der Waals surface area contributed by atoms with Gasteiger partial charge in [-0.1, -0.05) is 0 Å². The molecule has 2 unspecified atom stereocenters. The first kappa shape index (κ1) is 10.6. The number of nitrogens with zero attached hydrogens (tertiary/aromatic N) is 4. The third-order valence-corrected chi connectivity index (χ3v) is 2.75. The van der Waals surface area contributed by atoms with Crippen molar-refractivity contribution in [1.82, 2.24) is 14.5 Å². The van der Waals surface area contributed by atoms with E-state index in [2.05, 4.69) is 4.98 Å². The number of amides is 1. The fraction of sp³-hybridized carbons (Fsp3) is 0.500. The van der Waals surface area contributed by atoms with E-state index < -0.39 is 6.10 Å². The zero-order valence-corrected chi connectivity index (χ0v) is 8.65. The van der Waals surface area contributed by atoms with E-state index in [0.717, 1.165) is 0 Å². The summed E-state index contributed by atoms with van der Waals surface area (Å²) in [5.41, 5.74) is 0. The quantitative estimate of drug-likeness (QED) is 0.731. The van der Waals surface area contributed by atoms with Crippen LogP contribution in [0.1, 0.15) is 12.5 Å².